The van der Waals surface area contributed by atoms with Crippen LogP contribution in [0.2, 0.25) is 0 Å². The summed E-state index contributed by atoms with van der Waals surface area (Å²) in [6.45, 7) is 7.82. The summed E-state index contributed by atoms with van der Waals surface area (Å²) in [6, 6.07) is 5.44. The molecule has 3 aliphatic carbocycles. The number of piperidine rings is 1. The number of amides is 4. The van der Waals surface area contributed by atoms with Crippen molar-refractivity contribution in [3.05, 3.63) is 29.3 Å². The molecule has 4 amide bonds. The van der Waals surface area contributed by atoms with Gasteiger partial charge in [-0.2, -0.15) is 0 Å². The van der Waals surface area contributed by atoms with E-state index in [1.165, 1.54) is 32.1 Å². The zero-order valence-electron chi connectivity index (χ0n) is 24.0. The van der Waals surface area contributed by atoms with Gasteiger partial charge < -0.3 is 19.9 Å². The van der Waals surface area contributed by atoms with Gasteiger partial charge in [0, 0.05) is 48.9 Å². The van der Waals surface area contributed by atoms with Gasteiger partial charge in [0.2, 0.25) is 11.8 Å². The van der Waals surface area contributed by atoms with E-state index in [1.54, 1.807) is 4.90 Å². The number of carbonyl (C=O) groups is 4. The standard InChI is InChI=1S/C31H42N4O5/c1-30(2,3)40-29(39)32-21-12-19(13-21)16-34(17-20-14-31(15-20)10-5-11-31)24-7-4-6-22-23(24)18-35(28(22)38)25-8-9-26(36)33-27(25)37/h4,6-7,19-21,25H,5,8-18H2,1-3H3,(H,32,39)(H,33,36,37). The second kappa shape index (κ2) is 10.1. The molecular formula is C31H42N4O5. The average Bonchev–Trinajstić information content (AvgIpc) is 3.12. The van der Waals surface area contributed by atoms with Crippen LogP contribution in [0.15, 0.2) is 18.2 Å². The summed E-state index contributed by atoms with van der Waals surface area (Å²) in [5.41, 5.74) is 2.80. The Morgan fingerprint density at radius 3 is 2.50 bits per heavy atom. The molecule has 0 aromatic heterocycles. The molecule has 1 atom stereocenters. The molecule has 2 heterocycles. The zero-order chi connectivity index (χ0) is 28.2. The van der Waals surface area contributed by atoms with Gasteiger partial charge in [0.1, 0.15) is 11.6 Å². The van der Waals surface area contributed by atoms with Crippen molar-refractivity contribution in [2.45, 2.75) is 103 Å². The molecular weight excluding hydrogens is 508 g/mol. The van der Waals surface area contributed by atoms with Gasteiger partial charge in [-0.3, -0.25) is 19.7 Å². The number of alkyl carbamates (subject to hydrolysis) is 1. The Kier molecular flexibility index (Phi) is 6.82. The number of carbonyl (C=O) groups excluding carboxylic acids is 4. The summed E-state index contributed by atoms with van der Waals surface area (Å²) in [5, 5.41) is 5.41. The topological polar surface area (TPSA) is 108 Å². The highest BCUT2D eigenvalue weighted by Crippen LogP contribution is 2.59. The number of imide groups is 1. The Morgan fingerprint density at radius 2 is 1.85 bits per heavy atom. The molecule has 2 aliphatic heterocycles. The smallest absolute Gasteiger partial charge is 0.407 e. The zero-order valence-corrected chi connectivity index (χ0v) is 24.0. The average molecular weight is 551 g/mol. The number of rotatable bonds is 7. The Morgan fingerprint density at radius 1 is 1.12 bits per heavy atom. The molecule has 9 heteroatoms. The fourth-order valence-electron chi connectivity index (χ4n) is 7.62. The van der Waals surface area contributed by atoms with E-state index in [2.05, 4.69) is 21.6 Å². The third-order valence-corrected chi connectivity index (χ3v) is 9.67. The number of nitrogens with zero attached hydrogens (tertiary/aromatic N) is 2. The molecule has 4 fully saturated rings. The molecule has 40 heavy (non-hydrogen) atoms. The second-order valence-electron chi connectivity index (χ2n) is 13.9. The van der Waals surface area contributed by atoms with Gasteiger partial charge >= 0.3 is 6.09 Å². The Hall–Kier alpha value is -3.10. The van der Waals surface area contributed by atoms with Crippen molar-refractivity contribution in [2.24, 2.45) is 17.3 Å². The fraction of sp³-hybridized carbons (Fsp3) is 0.677. The number of anilines is 1. The van der Waals surface area contributed by atoms with Crippen LogP contribution in [0, 0.1) is 17.3 Å². The van der Waals surface area contributed by atoms with Crippen LogP contribution in [0.3, 0.4) is 0 Å². The maximum Gasteiger partial charge on any atom is 0.407 e. The van der Waals surface area contributed by atoms with Gasteiger partial charge in [-0.25, -0.2) is 4.79 Å². The number of hydrogen-bond donors (Lipinski definition) is 2. The van der Waals surface area contributed by atoms with E-state index in [9.17, 15) is 19.2 Å². The fourth-order valence-corrected chi connectivity index (χ4v) is 7.62. The van der Waals surface area contributed by atoms with Gasteiger partial charge in [0.25, 0.3) is 5.91 Å². The van der Waals surface area contributed by atoms with Crippen molar-refractivity contribution in [1.29, 1.82) is 0 Å². The van der Waals surface area contributed by atoms with Crippen LogP contribution >= 0.6 is 0 Å². The summed E-state index contributed by atoms with van der Waals surface area (Å²) >= 11 is 0. The third kappa shape index (κ3) is 5.31. The summed E-state index contributed by atoms with van der Waals surface area (Å²) < 4.78 is 5.43. The first kappa shape index (κ1) is 27.1. The molecule has 1 unspecified atom stereocenters. The molecule has 6 rings (SSSR count). The van der Waals surface area contributed by atoms with E-state index in [4.69, 9.17) is 4.74 Å². The number of nitrogens with one attached hydrogen (secondary N) is 2. The molecule has 3 saturated carbocycles. The minimum Gasteiger partial charge on any atom is -0.444 e. The lowest BCUT2D eigenvalue weighted by atomic mass is 9.52. The minimum atomic E-state index is -0.615. The van der Waals surface area contributed by atoms with Gasteiger partial charge in [0.05, 0.1) is 0 Å². The molecule has 9 nitrogen and oxygen atoms in total. The molecule has 1 saturated heterocycles. The normalized spacial score (nSPS) is 27.3. The van der Waals surface area contributed by atoms with Gasteiger partial charge in [0.15, 0.2) is 0 Å². The van der Waals surface area contributed by atoms with Crippen LogP contribution in [0.4, 0.5) is 10.5 Å². The Labute approximate surface area is 236 Å². The monoisotopic (exact) mass is 550 g/mol. The van der Waals surface area contributed by atoms with Crippen molar-refractivity contribution in [2.75, 3.05) is 18.0 Å². The lowest BCUT2D eigenvalue weighted by Gasteiger charge is -2.55. The van der Waals surface area contributed by atoms with E-state index in [-0.39, 0.29) is 36.3 Å². The van der Waals surface area contributed by atoms with Crippen LogP contribution in [0.25, 0.3) is 0 Å². The first-order valence-electron chi connectivity index (χ1n) is 15.0. The van der Waals surface area contributed by atoms with Crippen LogP contribution in [0.1, 0.15) is 94.5 Å². The maximum absolute atomic E-state index is 13.4. The molecule has 0 radical (unpaired) electrons. The maximum atomic E-state index is 13.4. The Bertz CT molecular complexity index is 1200. The summed E-state index contributed by atoms with van der Waals surface area (Å²) in [5.74, 6) is 0.303. The van der Waals surface area contributed by atoms with Crippen molar-refractivity contribution in [3.8, 4) is 0 Å². The number of benzene rings is 1. The molecule has 1 aromatic rings. The lowest BCUT2D eigenvalue weighted by Crippen LogP contribution is -2.52. The van der Waals surface area contributed by atoms with Crippen LogP contribution < -0.4 is 15.5 Å². The van der Waals surface area contributed by atoms with Crippen LogP contribution in [0.5, 0.6) is 0 Å². The van der Waals surface area contributed by atoms with E-state index < -0.39 is 11.6 Å². The van der Waals surface area contributed by atoms with Crippen molar-refractivity contribution < 1.29 is 23.9 Å². The van der Waals surface area contributed by atoms with Crippen LogP contribution in [-0.2, 0) is 20.9 Å². The minimum absolute atomic E-state index is 0.120. The van der Waals surface area contributed by atoms with Crippen molar-refractivity contribution in [3.63, 3.8) is 0 Å². The highest BCUT2D eigenvalue weighted by atomic mass is 16.6. The number of hydrogen-bond acceptors (Lipinski definition) is 6. The molecule has 1 aromatic carbocycles. The van der Waals surface area contributed by atoms with E-state index in [1.807, 2.05) is 32.9 Å². The molecule has 216 valence electrons. The van der Waals surface area contributed by atoms with Gasteiger partial charge in [-0.15, -0.1) is 0 Å². The van der Waals surface area contributed by atoms with Crippen LogP contribution in [-0.4, -0.2) is 59.5 Å². The lowest BCUT2D eigenvalue weighted by molar-refractivity contribution is -0.136. The van der Waals surface area contributed by atoms with E-state index in [0.29, 0.717) is 35.8 Å². The number of fused-ring (bicyclic) bond motifs is 1. The van der Waals surface area contributed by atoms with Crippen molar-refractivity contribution in [1.82, 2.24) is 15.5 Å². The molecule has 5 aliphatic rings. The molecule has 0 bridgehead atoms. The van der Waals surface area contributed by atoms with E-state index in [0.717, 1.165) is 37.2 Å². The third-order valence-electron chi connectivity index (χ3n) is 9.67. The Balaban J connectivity index is 1.16. The predicted molar refractivity (Wildman–Crippen MR) is 150 cm³/mol. The second-order valence-corrected chi connectivity index (χ2v) is 13.9. The molecule has 2 N–H and O–H groups in total. The number of ether oxygens (including phenoxy) is 1. The first-order valence-corrected chi connectivity index (χ1v) is 15.0. The summed E-state index contributed by atoms with van der Waals surface area (Å²) in [7, 11) is 0. The highest BCUT2D eigenvalue weighted by molar-refractivity contribution is 6.06. The highest BCUT2D eigenvalue weighted by Gasteiger charge is 2.49. The van der Waals surface area contributed by atoms with Gasteiger partial charge in [-0.1, -0.05) is 12.5 Å². The van der Waals surface area contributed by atoms with Crippen molar-refractivity contribution >= 4 is 29.5 Å². The largest absolute Gasteiger partial charge is 0.444 e. The van der Waals surface area contributed by atoms with Gasteiger partial charge in [-0.05, 0) is 95.1 Å². The predicted octanol–water partition coefficient (Wildman–Crippen LogP) is 4.14. The first-order chi connectivity index (χ1) is 19.0. The van der Waals surface area contributed by atoms with E-state index >= 15 is 0 Å². The summed E-state index contributed by atoms with van der Waals surface area (Å²) in [4.78, 5) is 54.1. The quantitative estimate of drug-likeness (QED) is 0.494. The summed E-state index contributed by atoms with van der Waals surface area (Å²) in [6.07, 6.45) is 8.71. The SMILES string of the molecule is CC(C)(C)OC(=O)NC1CC(CN(CC2CC3(CCC3)C2)c2cccc3c2CN(C2CCC(=O)NC2=O)C3=O)C1. The molecule has 1 spiro atoms.